The van der Waals surface area contributed by atoms with Crippen molar-refractivity contribution in [2.75, 3.05) is 19.0 Å². The van der Waals surface area contributed by atoms with Gasteiger partial charge in [-0.05, 0) is 12.5 Å². The fourth-order valence-corrected chi connectivity index (χ4v) is 2.49. The van der Waals surface area contributed by atoms with Crippen molar-refractivity contribution in [3.05, 3.63) is 23.3 Å². The molecule has 0 radical (unpaired) electrons. The first kappa shape index (κ1) is 11.8. The zero-order valence-corrected chi connectivity index (χ0v) is 9.89. The Balaban J connectivity index is 2.23. The molecule has 0 bridgehead atoms. The summed E-state index contributed by atoms with van der Waals surface area (Å²) in [6.45, 7) is -0.118. The van der Waals surface area contributed by atoms with Gasteiger partial charge in [-0.2, -0.15) is 0 Å². The van der Waals surface area contributed by atoms with E-state index in [9.17, 15) is 9.18 Å². The summed E-state index contributed by atoms with van der Waals surface area (Å²) in [5.74, 6) is -0.253. The van der Waals surface area contributed by atoms with Crippen LogP contribution in [0.1, 0.15) is 16.1 Å². The molecule has 2 aromatic heterocycles. The van der Waals surface area contributed by atoms with E-state index in [1.165, 1.54) is 11.3 Å². The molecular weight excluding hydrogens is 241 g/mol. The predicted molar refractivity (Wildman–Crippen MR) is 67.0 cm³/mol. The third-order valence-electron chi connectivity index (χ3n) is 2.33. The number of carbonyl (C=O) groups excluding carboxylic acids is 1. The van der Waals surface area contributed by atoms with E-state index in [1.54, 1.807) is 18.5 Å². The minimum atomic E-state index is -0.438. The van der Waals surface area contributed by atoms with Crippen LogP contribution >= 0.6 is 11.3 Å². The summed E-state index contributed by atoms with van der Waals surface area (Å²) in [6.07, 6.45) is 3.63. The summed E-state index contributed by atoms with van der Waals surface area (Å²) in [6, 6.07) is 1.78. The lowest BCUT2D eigenvalue weighted by Gasteiger charge is -2.01. The van der Waals surface area contributed by atoms with E-state index in [0.29, 0.717) is 23.5 Å². The number of aromatic nitrogens is 1. The smallest absolute Gasteiger partial charge is 0.263 e. The van der Waals surface area contributed by atoms with Crippen LogP contribution in [0.4, 0.5) is 10.1 Å². The van der Waals surface area contributed by atoms with Gasteiger partial charge in [0.25, 0.3) is 5.91 Å². The molecule has 0 saturated heterocycles. The monoisotopic (exact) mass is 253 g/mol. The molecular formula is C11H12FN3OS. The quantitative estimate of drug-likeness (QED) is 0.818. The van der Waals surface area contributed by atoms with Crippen molar-refractivity contribution >= 4 is 33.0 Å². The number of fused-ring (bicyclic) bond motifs is 1. The van der Waals surface area contributed by atoms with Crippen LogP contribution in [0.5, 0.6) is 0 Å². The maximum absolute atomic E-state index is 11.9. The number of carbonyl (C=O) groups is 1. The molecule has 0 atom stereocenters. The summed E-state index contributed by atoms with van der Waals surface area (Å²) in [5.41, 5.74) is 6.35. The Morgan fingerprint density at radius 2 is 2.41 bits per heavy atom. The molecule has 0 aliphatic carbocycles. The summed E-state index contributed by atoms with van der Waals surface area (Å²) in [4.78, 5) is 16.2. The second-order valence-electron chi connectivity index (χ2n) is 3.52. The number of hydrogen-bond donors (Lipinski definition) is 2. The van der Waals surface area contributed by atoms with Crippen LogP contribution < -0.4 is 11.1 Å². The van der Waals surface area contributed by atoms with Gasteiger partial charge in [-0.3, -0.25) is 14.2 Å². The number of pyridine rings is 1. The third-order valence-corrected chi connectivity index (χ3v) is 3.49. The molecule has 0 unspecified atom stereocenters. The molecule has 2 aromatic rings. The lowest BCUT2D eigenvalue weighted by atomic mass is 10.2. The highest BCUT2D eigenvalue weighted by Crippen LogP contribution is 2.32. The highest BCUT2D eigenvalue weighted by molar-refractivity contribution is 7.21. The Kier molecular flexibility index (Phi) is 3.53. The van der Waals surface area contributed by atoms with Crippen LogP contribution in [-0.2, 0) is 0 Å². The van der Waals surface area contributed by atoms with E-state index in [4.69, 9.17) is 5.73 Å². The first-order chi connectivity index (χ1) is 8.24. The second-order valence-corrected chi connectivity index (χ2v) is 4.57. The first-order valence-corrected chi connectivity index (χ1v) is 6.02. The van der Waals surface area contributed by atoms with Crippen LogP contribution in [0, 0.1) is 0 Å². The maximum atomic E-state index is 11.9. The molecule has 4 nitrogen and oxygen atoms in total. The van der Waals surface area contributed by atoms with Crippen molar-refractivity contribution in [2.45, 2.75) is 6.42 Å². The van der Waals surface area contributed by atoms with E-state index in [1.807, 2.05) is 0 Å². The number of alkyl halides is 1. The van der Waals surface area contributed by atoms with Gasteiger partial charge in [0, 0.05) is 24.3 Å². The zero-order valence-electron chi connectivity index (χ0n) is 9.07. The number of rotatable bonds is 4. The van der Waals surface area contributed by atoms with Gasteiger partial charge >= 0.3 is 0 Å². The Labute approximate surface area is 102 Å². The topological polar surface area (TPSA) is 68.0 Å². The normalized spacial score (nSPS) is 10.6. The van der Waals surface area contributed by atoms with E-state index in [0.717, 1.165) is 10.1 Å². The third kappa shape index (κ3) is 2.36. The number of nitrogens with zero attached hydrogens (tertiary/aromatic N) is 1. The molecule has 0 fully saturated rings. The van der Waals surface area contributed by atoms with Crippen molar-refractivity contribution in [1.29, 1.82) is 0 Å². The Morgan fingerprint density at radius 1 is 1.59 bits per heavy atom. The van der Waals surface area contributed by atoms with E-state index in [-0.39, 0.29) is 5.91 Å². The van der Waals surface area contributed by atoms with E-state index >= 15 is 0 Å². The molecule has 6 heteroatoms. The number of hydrogen-bond acceptors (Lipinski definition) is 4. The molecule has 3 N–H and O–H groups in total. The van der Waals surface area contributed by atoms with Crippen molar-refractivity contribution in [1.82, 2.24) is 10.3 Å². The number of halogens is 1. The van der Waals surface area contributed by atoms with Gasteiger partial charge in [0.05, 0.1) is 17.1 Å². The first-order valence-electron chi connectivity index (χ1n) is 5.20. The van der Waals surface area contributed by atoms with Gasteiger partial charge in [-0.15, -0.1) is 11.3 Å². The van der Waals surface area contributed by atoms with Crippen molar-refractivity contribution < 1.29 is 9.18 Å². The predicted octanol–water partition coefficient (Wildman–Crippen LogP) is 1.97. The summed E-state index contributed by atoms with van der Waals surface area (Å²) in [7, 11) is 0. The van der Waals surface area contributed by atoms with Crippen LogP contribution in [0.2, 0.25) is 0 Å². The van der Waals surface area contributed by atoms with Crippen LogP contribution in [0.25, 0.3) is 10.1 Å². The molecule has 2 heterocycles. The van der Waals surface area contributed by atoms with Gasteiger partial charge in [0.2, 0.25) is 0 Å². The van der Waals surface area contributed by atoms with Crippen molar-refractivity contribution in [2.24, 2.45) is 0 Å². The van der Waals surface area contributed by atoms with Gasteiger partial charge in [-0.25, -0.2) is 0 Å². The fourth-order valence-electron chi connectivity index (χ4n) is 1.49. The maximum Gasteiger partial charge on any atom is 0.263 e. The Morgan fingerprint density at radius 3 is 3.12 bits per heavy atom. The van der Waals surface area contributed by atoms with Crippen LogP contribution in [0.15, 0.2) is 18.5 Å². The van der Waals surface area contributed by atoms with Gasteiger partial charge < -0.3 is 11.1 Å². The number of thiophene rings is 1. The average Bonchev–Trinajstić information content (AvgIpc) is 2.68. The SMILES string of the molecule is Nc1c(C(=O)NCCCF)sc2cnccc12. The number of nitrogens with two attached hydrogens (primary N) is 1. The van der Waals surface area contributed by atoms with E-state index in [2.05, 4.69) is 10.3 Å². The molecule has 0 aromatic carbocycles. The van der Waals surface area contributed by atoms with Gasteiger partial charge in [0.1, 0.15) is 4.88 Å². The zero-order chi connectivity index (χ0) is 12.3. The lowest BCUT2D eigenvalue weighted by Crippen LogP contribution is -2.24. The van der Waals surface area contributed by atoms with Crippen LogP contribution in [-0.4, -0.2) is 24.1 Å². The molecule has 90 valence electrons. The fraction of sp³-hybridized carbons (Fsp3) is 0.273. The minimum absolute atomic E-state index is 0.253. The lowest BCUT2D eigenvalue weighted by molar-refractivity contribution is 0.0957. The molecule has 17 heavy (non-hydrogen) atoms. The summed E-state index contributed by atoms with van der Waals surface area (Å²) < 4.78 is 12.8. The number of amides is 1. The van der Waals surface area contributed by atoms with Gasteiger partial charge in [-0.1, -0.05) is 0 Å². The molecule has 0 spiro atoms. The number of nitrogen functional groups attached to an aromatic ring is 1. The number of nitrogens with one attached hydrogen (secondary N) is 1. The second kappa shape index (κ2) is 5.09. The molecule has 0 aliphatic rings. The average molecular weight is 253 g/mol. The van der Waals surface area contributed by atoms with E-state index < -0.39 is 6.67 Å². The molecule has 0 aliphatic heterocycles. The Bertz CT molecular complexity index is 540. The standard InChI is InChI=1S/C11H12FN3OS/c12-3-1-4-15-11(16)10-9(13)7-2-5-14-6-8(7)17-10/h2,5-6H,1,3-4,13H2,(H,15,16). The largest absolute Gasteiger partial charge is 0.397 e. The summed E-state index contributed by atoms with van der Waals surface area (Å²) in [5, 5.41) is 3.47. The molecule has 2 rings (SSSR count). The Hall–Kier alpha value is -1.69. The summed E-state index contributed by atoms with van der Waals surface area (Å²) >= 11 is 1.30. The van der Waals surface area contributed by atoms with Crippen molar-refractivity contribution in [3.8, 4) is 0 Å². The van der Waals surface area contributed by atoms with Crippen molar-refractivity contribution in [3.63, 3.8) is 0 Å². The van der Waals surface area contributed by atoms with Gasteiger partial charge in [0.15, 0.2) is 0 Å². The molecule has 1 amide bonds. The van der Waals surface area contributed by atoms with Crippen LogP contribution in [0.3, 0.4) is 0 Å². The highest BCUT2D eigenvalue weighted by Gasteiger charge is 2.15. The number of anilines is 1. The minimum Gasteiger partial charge on any atom is -0.397 e. The molecule has 0 saturated carbocycles. The highest BCUT2D eigenvalue weighted by atomic mass is 32.1.